The number of aliphatic hydroxyl groups is 2. The predicted octanol–water partition coefficient (Wildman–Crippen LogP) is -2.00. The van der Waals surface area contributed by atoms with E-state index in [1.54, 1.807) is 0 Å². The van der Waals surface area contributed by atoms with E-state index in [4.69, 9.17) is 5.73 Å². The van der Waals surface area contributed by atoms with Crippen molar-refractivity contribution in [1.29, 1.82) is 0 Å². The first kappa shape index (κ1) is 24.0. The molecule has 3 aromatic rings. The summed E-state index contributed by atoms with van der Waals surface area (Å²) in [6.45, 7) is 0.0136. The Balaban J connectivity index is 1.56. The second-order valence-corrected chi connectivity index (χ2v) is 7.77. The van der Waals surface area contributed by atoms with Gasteiger partial charge in [-0.3, -0.25) is 19.5 Å². The number of anilines is 1. The summed E-state index contributed by atoms with van der Waals surface area (Å²) in [4.78, 5) is 41.8. The number of aliphatic hydroxyl groups excluding tert-OH is 2. The number of halogens is 1. The summed E-state index contributed by atoms with van der Waals surface area (Å²) in [5.74, 6) is 4.01. The second-order valence-electron chi connectivity index (χ2n) is 7.77. The number of rotatable bonds is 4. The van der Waals surface area contributed by atoms with E-state index in [2.05, 4.69) is 42.4 Å². The highest BCUT2D eigenvalue weighted by atomic mass is 19.1. The molecule has 1 aliphatic rings. The number of likely N-dealkylation sites (N-methyl/N-ethyl adjacent to an activating group) is 1. The van der Waals surface area contributed by atoms with E-state index in [0.29, 0.717) is 0 Å². The van der Waals surface area contributed by atoms with Gasteiger partial charge in [0.05, 0.1) is 18.4 Å². The highest BCUT2D eigenvalue weighted by Gasteiger charge is 2.45. The van der Waals surface area contributed by atoms with Gasteiger partial charge in [0, 0.05) is 20.3 Å². The first-order valence-corrected chi connectivity index (χ1v) is 10.4. The average Bonchev–Trinajstić information content (AvgIpc) is 3.39. The number of pyridine rings is 1. The molecule has 0 aromatic carbocycles. The van der Waals surface area contributed by atoms with Crippen molar-refractivity contribution >= 4 is 28.8 Å². The van der Waals surface area contributed by atoms with E-state index < -0.39 is 42.2 Å². The van der Waals surface area contributed by atoms with Crippen LogP contribution in [0.4, 0.5) is 10.2 Å². The minimum atomic E-state index is -1.36. The fourth-order valence-corrected chi connectivity index (χ4v) is 3.63. The third-order valence-corrected chi connectivity index (χ3v) is 5.48. The lowest BCUT2D eigenvalue weighted by atomic mass is 10.1. The van der Waals surface area contributed by atoms with Gasteiger partial charge in [-0.25, -0.2) is 19.9 Å². The fourth-order valence-electron chi connectivity index (χ4n) is 3.63. The van der Waals surface area contributed by atoms with Crippen LogP contribution in [-0.2, 0) is 4.79 Å². The van der Waals surface area contributed by atoms with Gasteiger partial charge in [0.15, 0.2) is 11.5 Å². The maximum Gasteiger partial charge on any atom is 0.255 e. The summed E-state index contributed by atoms with van der Waals surface area (Å²) >= 11 is 0. The lowest BCUT2D eigenvalue weighted by molar-refractivity contribution is -0.125. The van der Waals surface area contributed by atoms with Crippen molar-refractivity contribution in [3.8, 4) is 11.8 Å². The maximum atomic E-state index is 13.0. The number of nitrogens with two attached hydrogens (primary N) is 1. The van der Waals surface area contributed by atoms with Crippen molar-refractivity contribution in [2.45, 2.75) is 24.4 Å². The normalized spacial score (nSPS) is 21.4. The Morgan fingerprint density at radius 2 is 2.06 bits per heavy atom. The quantitative estimate of drug-likeness (QED) is 0.205. The number of nitrogens with zero attached hydrogens (tertiary/aromatic N) is 6. The van der Waals surface area contributed by atoms with E-state index in [1.165, 1.54) is 36.0 Å². The van der Waals surface area contributed by atoms with Crippen LogP contribution < -0.4 is 16.4 Å². The molecule has 35 heavy (non-hydrogen) atoms. The van der Waals surface area contributed by atoms with E-state index in [0.717, 1.165) is 12.3 Å². The van der Waals surface area contributed by atoms with Crippen molar-refractivity contribution < 1.29 is 24.2 Å². The average molecular weight is 483 g/mol. The van der Waals surface area contributed by atoms with Gasteiger partial charge < -0.3 is 26.2 Å². The summed E-state index contributed by atoms with van der Waals surface area (Å²) in [5, 5.41) is 26.1. The summed E-state index contributed by atoms with van der Waals surface area (Å²) in [6, 6.07) is 1.37. The van der Waals surface area contributed by atoms with Gasteiger partial charge in [-0.05, 0) is 18.1 Å². The van der Waals surface area contributed by atoms with Crippen LogP contribution >= 0.6 is 0 Å². The fraction of sp³-hybridized carbons (Fsp3) is 0.333. The van der Waals surface area contributed by atoms with Crippen molar-refractivity contribution in [3.63, 3.8) is 0 Å². The molecule has 0 aliphatic carbocycles. The lowest BCUT2D eigenvalue weighted by Crippen LogP contribution is -2.45. The van der Waals surface area contributed by atoms with Crippen LogP contribution in [0.2, 0.25) is 0 Å². The van der Waals surface area contributed by atoms with Crippen molar-refractivity contribution in [3.05, 3.63) is 42.0 Å². The monoisotopic (exact) mass is 483 g/mol. The summed E-state index contributed by atoms with van der Waals surface area (Å²) in [5.41, 5.74) is 6.69. The number of hydrogen-bond acceptors (Lipinski definition) is 10. The van der Waals surface area contributed by atoms with Crippen LogP contribution in [0.15, 0.2) is 24.7 Å². The van der Waals surface area contributed by atoms with Gasteiger partial charge >= 0.3 is 0 Å². The molecule has 1 saturated heterocycles. The number of fused-ring (bicyclic) bond motifs is 1. The van der Waals surface area contributed by atoms with Gasteiger partial charge in [0.2, 0.25) is 17.7 Å². The first-order valence-electron chi connectivity index (χ1n) is 10.4. The standard InChI is InChI=1S/C21H22FN9O4/c1-24-20(34)13-15(32)16(33)19(29-13)31-9-26-14-17(23)27-12(28-18(14)31)4-3-7-30(2)21(35)10-5-6-11(22)25-8-10/h5-6,8-9,13,15-16,19,29,32-33H,7H2,1-2H3,(H,24,34)(H2,23,27,28)/t13-,15+,16+,19-/m0/s1. The molecule has 6 N–H and O–H groups in total. The second kappa shape index (κ2) is 9.58. The Kier molecular flexibility index (Phi) is 6.56. The number of amides is 2. The Hall–Kier alpha value is -4.19. The van der Waals surface area contributed by atoms with E-state index in [1.807, 2.05) is 0 Å². The molecule has 13 nitrogen and oxygen atoms in total. The highest BCUT2D eigenvalue weighted by molar-refractivity contribution is 5.93. The van der Waals surface area contributed by atoms with Crippen LogP contribution in [0.1, 0.15) is 22.3 Å². The number of nitrogens with one attached hydrogen (secondary N) is 2. The van der Waals surface area contributed by atoms with Crippen molar-refractivity contribution in [2.75, 3.05) is 26.4 Å². The molecule has 14 heteroatoms. The Morgan fingerprint density at radius 1 is 1.29 bits per heavy atom. The highest BCUT2D eigenvalue weighted by Crippen LogP contribution is 2.27. The van der Waals surface area contributed by atoms with E-state index >= 15 is 0 Å². The molecule has 0 bridgehead atoms. The van der Waals surface area contributed by atoms with E-state index in [9.17, 15) is 24.2 Å². The number of carbonyl (C=O) groups excluding carboxylic acids is 2. The molecule has 0 unspecified atom stereocenters. The third kappa shape index (κ3) is 4.60. The Morgan fingerprint density at radius 3 is 2.74 bits per heavy atom. The SMILES string of the molecule is CNC(=O)[C@H]1N[C@@H](n2cnc3c(N)nc(C#CCN(C)C(=O)c4ccc(F)nc4)nc32)[C@H](O)[C@@H]1O. The Labute approximate surface area is 198 Å². The molecule has 3 aromatic heterocycles. The van der Waals surface area contributed by atoms with Crippen molar-refractivity contribution in [1.82, 2.24) is 40.0 Å². The van der Waals surface area contributed by atoms with Crippen LogP contribution in [0.5, 0.6) is 0 Å². The minimum absolute atomic E-state index is 0.0136. The molecule has 4 atom stereocenters. The Bertz CT molecular complexity index is 1330. The van der Waals surface area contributed by atoms with Crippen LogP contribution in [0, 0.1) is 17.8 Å². The summed E-state index contributed by atoms with van der Waals surface area (Å²) in [7, 11) is 2.94. The molecule has 4 heterocycles. The van der Waals surface area contributed by atoms with Crippen LogP contribution in [0.25, 0.3) is 11.2 Å². The lowest BCUT2D eigenvalue weighted by Gasteiger charge is -2.17. The number of imidazole rings is 1. The minimum Gasteiger partial charge on any atom is -0.388 e. The van der Waals surface area contributed by atoms with Crippen molar-refractivity contribution in [2.24, 2.45) is 0 Å². The van der Waals surface area contributed by atoms with Gasteiger partial charge in [0.25, 0.3) is 5.91 Å². The topological polar surface area (TPSA) is 184 Å². The zero-order valence-corrected chi connectivity index (χ0v) is 18.7. The van der Waals surface area contributed by atoms with Crippen LogP contribution in [-0.4, -0.2) is 90.3 Å². The zero-order chi connectivity index (χ0) is 25.3. The zero-order valence-electron chi connectivity index (χ0n) is 18.7. The molecule has 4 rings (SSSR count). The number of nitrogen functional groups attached to an aromatic ring is 1. The van der Waals surface area contributed by atoms with Gasteiger partial charge in [0.1, 0.15) is 29.9 Å². The molecule has 2 amide bonds. The molecule has 0 spiro atoms. The number of carbonyl (C=O) groups is 2. The largest absolute Gasteiger partial charge is 0.388 e. The summed E-state index contributed by atoms with van der Waals surface area (Å²) in [6.07, 6.45) is -1.12. The van der Waals surface area contributed by atoms with Gasteiger partial charge in [-0.15, -0.1) is 0 Å². The summed E-state index contributed by atoms with van der Waals surface area (Å²) < 4.78 is 14.4. The smallest absolute Gasteiger partial charge is 0.255 e. The maximum absolute atomic E-state index is 13.0. The van der Waals surface area contributed by atoms with Gasteiger partial charge in [-0.1, -0.05) is 5.92 Å². The molecule has 0 radical (unpaired) electrons. The third-order valence-electron chi connectivity index (χ3n) is 5.48. The molecule has 1 fully saturated rings. The number of aromatic nitrogens is 5. The predicted molar refractivity (Wildman–Crippen MR) is 120 cm³/mol. The molecule has 182 valence electrons. The molecular weight excluding hydrogens is 461 g/mol. The first-order chi connectivity index (χ1) is 16.7. The van der Waals surface area contributed by atoms with Crippen LogP contribution in [0.3, 0.4) is 0 Å². The molecule has 0 saturated carbocycles. The number of hydrogen-bond donors (Lipinski definition) is 5. The van der Waals surface area contributed by atoms with E-state index in [-0.39, 0.29) is 34.9 Å². The molecular formula is C21H22FN9O4. The van der Waals surface area contributed by atoms with Gasteiger partial charge in [-0.2, -0.15) is 4.39 Å². The molecule has 1 aliphatic heterocycles.